The molecule has 6 heteroatoms. The summed E-state index contributed by atoms with van der Waals surface area (Å²) in [5, 5.41) is 0. The zero-order valence-electron chi connectivity index (χ0n) is 11.7. The van der Waals surface area contributed by atoms with E-state index < -0.39 is 10.0 Å². The maximum Gasteiger partial charge on any atom is 0.240 e. The van der Waals surface area contributed by atoms with Crippen molar-refractivity contribution < 1.29 is 8.42 Å². The van der Waals surface area contributed by atoms with Crippen molar-refractivity contribution in [3.63, 3.8) is 0 Å². The molecule has 4 nitrogen and oxygen atoms in total. The summed E-state index contributed by atoms with van der Waals surface area (Å²) >= 11 is 0. The molecular formula is C14H23ClN2O2S. The van der Waals surface area contributed by atoms with E-state index in [1.54, 1.807) is 12.1 Å². The summed E-state index contributed by atoms with van der Waals surface area (Å²) in [5.41, 5.74) is 6.79. The molecule has 1 aromatic rings. The second-order valence-electron chi connectivity index (χ2n) is 5.32. The topological polar surface area (TPSA) is 72.2 Å². The van der Waals surface area contributed by atoms with Crippen LogP contribution in [0.25, 0.3) is 0 Å². The Labute approximate surface area is 127 Å². The Kier molecular flexibility index (Phi) is 6.45. The van der Waals surface area contributed by atoms with Gasteiger partial charge in [0, 0.05) is 6.04 Å². The van der Waals surface area contributed by atoms with E-state index in [2.05, 4.69) is 4.72 Å². The van der Waals surface area contributed by atoms with Crippen molar-refractivity contribution in [1.29, 1.82) is 0 Å². The average molecular weight is 319 g/mol. The molecule has 1 aliphatic carbocycles. The van der Waals surface area contributed by atoms with E-state index in [0.29, 0.717) is 11.4 Å². The molecule has 0 bridgehead atoms. The Balaban J connectivity index is 0.00000200. The maximum atomic E-state index is 12.3. The predicted molar refractivity (Wildman–Crippen MR) is 83.5 cm³/mol. The van der Waals surface area contributed by atoms with E-state index in [1.165, 1.54) is 0 Å². The second-order valence-corrected chi connectivity index (χ2v) is 7.04. The van der Waals surface area contributed by atoms with Crippen LogP contribution in [0.5, 0.6) is 0 Å². The number of nitrogens with two attached hydrogens (primary N) is 1. The van der Waals surface area contributed by atoms with Gasteiger partial charge in [-0.1, -0.05) is 30.5 Å². The SMILES string of the molecule is Cc1ccc(S(=O)(=O)NC2CCCCC2CN)cc1.Cl. The summed E-state index contributed by atoms with van der Waals surface area (Å²) in [5.74, 6) is 0.258. The third-order valence-electron chi connectivity index (χ3n) is 3.85. The molecule has 1 aromatic carbocycles. The van der Waals surface area contributed by atoms with Gasteiger partial charge in [-0.05, 0) is 44.4 Å². The van der Waals surface area contributed by atoms with Crippen molar-refractivity contribution >= 4 is 22.4 Å². The lowest BCUT2D eigenvalue weighted by atomic mass is 9.85. The summed E-state index contributed by atoms with van der Waals surface area (Å²) in [4.78, 5) is 0.333. The van der Waals surface area contributed by atoms with Crippen molar-refractivity contribution in [1.82, 2.24) is 4.72 Å². The normalized spacial score (nSPS) is 23.1. The lowest BCUT2D eigenvalue weighted by Gasteiger charge is -2.31. The largest absolute Gasteiger partial charge is 0.330 e. The number of nitrogens with one attached hydrogen (secondary N) is 1. The van der Waals surface area contributed by atoms with Gasteiger partial charge in [-0.2, -0.15) is 0 Å². The fourth-order valence-electron chi connectivity index (χ4n) is 2.63. The first-order chi connectivity index (χ1) is 9.03. The van der Waals surface area contributed by atoms with E-state index in [9.17, 15) is 8.42 Å². The standard InChI is InChI=1S/C14H22N2O2S.ClH/c1-11-6-8-13(9-7-11)19(17,18)16-14-5-3-2-4-12(14)10-15;/h6-9,12,14,16H,2-5,10,15H2,1H3;1H. The molecule has 0 aliphatic heterocycles. The van der Waals surface area contributed by atoms with Gasteiger partial charge in [-0.3, -0.25) is 0 Å². The minimum absolute atomic E-state index is 0. The van der Waals surface area contributed by atoms with Crippen molar-refractivity contribution in [2.24, 2.45) is 11.7 Å². The van der Waals surface area contributed by atoms with E-state index in [4.69, 9.17) is 5.73 Å². The monoisotopic (exact) mass is 318 g/mol. The van der Waals surface area contributed by atoms with Crippen LogP contribution in [-0.4, -0.2) is 21.0 Å². The van der Waals surface area contributed by atoms with Crippen molar-refractivity contribution in [3.05, 3.63) is 29.8 Å². The first-order valence-corrected chi connectivity index (χ1v) is 8.30. The van der Waals surface area contributed by atoms with E-state index in [1.807, 2.05) is 19.1 Å². The summed E-state index contributed by atoms with van der Waals surface area (Å²) in [7, 11) is -3.43. The highest BCUT2D eigenvalue weighted by Crippen LogP contribution is 2.25. The zero-order chi connectivity index (χ0) is 13.9. The first kappa shape index (κ1) is 17.4. The number of sulfonamides is 1. The van der Waals surface area contributed by atoms with Gasteiger partial charge < -0.3 is 5.73 Å². The molecule has 20 heavy (non-hydrogen) atoms. The second kappa shape index (κ2) is 7.41. The minimum Gasteiger partial charge on any atom is -0.330 e. The highest BCUT2D eigenvalue weighted by atomic mass is 35.5. The number of halogens is 1. The quantitative estimate of drug-likeness (QED) is 0.894. The Hall–Kier alpha value is -0.620. The van der Waals surface area contributed by atoms with Crippen molar-refractivity contribution in [3.8, 4) is 0 Å². The molecule has 1 fully saturated rings. The molecule has 3 N–H and O–H groups in total. The summed E-state index contributed by atoms with van der Waals surface area (Å²) in [6, 6.07) is 6.91. The van der Waals surface area contributed by atoms with Gasteiger partial charge >= 0.3 is 0 Å². The lowest BCUT2D eigenvalue weighted by molar-refractivity contribution is 0.296. The van der Waals surface area contributed by atoms with Gasteiger partial charge in [0.25, 0.3) is 0 Å². The Morgan fingerprint density at radius 2 is 1.80 bits per heavy atom. The maximum absolute atomic E-state index is 12.3. The van der Waals surface area contributed by atoms with E-state index >= 15 is 0 Å². The van der Waals surface area contributed by atoms with Crippen LogP contribution >= 0.6 is 12.4 Å². The highest BCUT2D eigenvalue weighted by molar-refractivity contribution is 7.89. The Bertz CT molecular complexity index is 516. The van der Waals surface area contributed by atoms with Crippen LogP contribution in [0.2, 0.25) is 0 Å². The molecule has 0 aromatic heterocycles. The van der Waals surface area contributed by atoms with Gasteiger partial charge in [-0.15, -0.1) is 12.4 Å². The van der Waals surface area contributed by atoms with Gasteiger partial charge in [0.1, 0.15) is 0 Å². The Morgan fingerprint density at radius 3 is 2.40 bits per heavy atom. The van der Waals surface area contributed by atoms with E-state index in [-0.39, 0.29) is 24.4 Å². The number of hydrogen-bond acceptors (Lipinski definition) is 3. The summed E-state index contributed by atoms with van der Waals surface area (Å²) < 4.78 is 27.5. The molecule has 2 rings (SSSR count). The van der Waals surface area contributed by atoms with Crippen LogP contribution < -0.4 is 10.5 Å². The molecule has 2 atom stereocenters. The molecule has 0 amide bonds. The molecule has 2 unspecified atom stereocenters. The van der Waals surface area contributed by atoms with E-state index in [0.717, 1.165) is 31.2 Å². The molecule has 0 heterocycles. The third-order valence-corrected chi connectivity index (χ3v) is 5.36. The zero-order valence-corrected chi connectivity index (χ0v) is 13.3. The molecule has 114 valence electrons. The third kappa shape index (κ3) is 4.19. The lowest BCUT2D eigenvalue weighted by Crippen LogP contribution is -2.44. The predicted octanol–water partition coefficient (Wildman–Crippen LogP) is 2.21. The van der Waals surface area contributed by atoms with Crippen LogP contribution in [0.4, 0.5) is 0 Å². The number of benzene rings is 1. The molecule has 0 spiro atoms. The Morgan fingerprint density at radius 1 is 1.20 bits per heavy atom. The van der Waals surface area contributed by atoms with Crippen molar-refractivity contribution in [2.75, 3.05) is 6.54 Å². The molecule has 1 saturated carbocycles. The smallest absolute Gasteiger partial charge is 0.240 e. The van der Waals surface area contributed by atoms with Crippen LogP contribution in [0.3, 0.4) is 0 Å². The first-order valence-electron chi connectivity index (χ1n) is 6.82. The summed E-state index contributed by atoms with van der Waals surface area (Å²) in [6.07, 6.45) is 4.10. The summed E-state index contributed by atoms with van der Waals surface area (Å²) in [6.45, 7) is 2.48. The minimum atomic E-state index is -3.43. The number of aryl methyl sites for hydroxylation is 1. The molecule has 0 saturated heterocycles. The van der Waals surface area contributed by atoms with Gasteiger partial charge in [0.2, 0.25) is 10.0 Å². The number of rotatable bonds is 4. The van der Waals surface area contributed by atoms with Gasteiger partial charge in [-0.25, -0.2) is 13.1 Å². The fourth-order valence-corrected chi connectivity index (χ4v) is 3.97. The van der Waals surface area contributed by atoms with Crippen LogP contribution in [0, 0.1) is 12.8 Å². The molecule has 0 radical (unpaired) electrons. The molecule has 1 aliphatic rings. The van der Waals surface area contributed by atoms with Crippen LogP contribution in [0.15, 0.2) is 29.2 Å². The van der Waals surface area contributed by atoms with Crippen molar-refractivity contribution in [2.45, 2.75) is 43.5 Å². The van der Waals surface area contributed by atoms with Gasteiger partial charge in [0.05, 0.1) is 4.90 Å². The average Bonchev–Trinajstić information content (AvgIpc) is 2.39. The van der Waals surface area contributed by atoms with Crippen LogP contribution in [0.1, 0.15) is 31.2 Å². The van der Waals surface area contributed by atoms with Crippen LogP contribution in [-0.2, 0) is 10.0 Å². The fraction of sp³-hybridized carbons (Fsp3) is 0.571. The number of hydrogen-bond donors (Lipinski definition) is 2. The molecular weight excluding hydrogens is 296 g/mol. The van der Waals surface area contributed by atoms with Gasteiger partial charge in [0.15, 0.2) is 0 Å². The highest BCUT2D eigenvalue weighted by Gasteiger charge is 2.28.